The number of nitrogens with zero attached hydrogens (tertiary/aromatic N) is 5. The first-order valence-corrected chi connectivity index (χ1v) is 15.6. The van der Waals surface area contributed by atoms with Crippen LogP contribution in [0.15, 0.2) is 140 Å². The molecule has 5 nitrogen and oxygen atoms in total. The number of rotatable bonds is 4. The average Bonchev–Trinajstić information content (AvgIpc) is 3.57. The number of benzene rings is 5. The van der Waals surface area contributed by atoms with E-state index in [1.807, 2.05) is 30.5 Å². The van der Waals surface area contributed by atoms with E-state index in [4.69, 9.17) is 19.9 Å². The fraction of sp³-hybridized carbons (Fsp3) is 0.0732. The third kappa shape index (κ3) is 3.95. The summed E-state index contributed by atoms with van der Waals surface area (Å²) in [7, 11) is 0. The number of hydrogen-bond donors (Lipinski definition) is 0. The topological polar surface area (TPSA) is 56.5 Å². The predicted octanol–water partition coefficient (Wildman–Crippen LogP) is 9.67. The molecule has 0 N–H and O–H groups in total. The average molecular weight is 592 g/mol. The van der Waals surface area contributed by atoms with Gasteiger partial charge in [-0.3, -0.25) is 4.98 Å². The first kappa shape index (κ1) is 26.5. The summed E-state index contributed by atoms with van der Waals surface area (Å²) < 4.78 is 2.27. The Morgan fingerprint density at radius 1 is 0.522 bits per heavy atom. The Morgan fingerprint density at radius 3 is 2.07 bits per heavy atom. The van der Waals surface area contributed by atoms with E-state index in [0.717, 1.165) is 44.3 Å². The maximum absolute atomic E-state index is 5.20. The van der Waals surface area contributed by atoms with Gasteiger partial charge in [0.25, 0.3) is 0 Å². The van der Waals surface area contributed by atoms with Crippen molar-refractivity contribution in [2.24, 2.45) is 0 Å². The summed E-state index contributed by atoms with van der Waals surface area (Å²) in [5, 5.41) is 1.12. The minimum atomic E-state index is -0.119. The molecule has 46 heavy (non-hydrogen) atoms. The maximum Gasteiger partial charge on any atom is 0.164 e. The van der Waals surface area contributed by atoms with Gasteiger partial charge in [0, 0.05) is 39.4 Å². The van der Waals surface area contributed by atoms with Crippen molar-refractivity contribution in [3.63, 3.8) is 0 Å². The zero-order valence-corrected chi connectivity index (χ0v) is 25.5. The molecule has 0 fully saturated rings. The molecule has 0 atom stereocenters. The molecule has 9 rings (SSSR count). The Kier molecular flexibility index (Phi) is 5.78. The molecule has 1 aliphatic rings. The molecule has 218 valence electrons. The van der Waals surface area contributed by atoms with Gasteiger partial charge in [-0.1, -0.05) is 117 Å². The standard InChI is InChI=1S/C41H29N5/c1-41(2)32-20-8-6-17-29(32)36-31(19-11-21-33(36)41)40-44-38(26-13-4-3-5-14-26)43-39(45-40)27-15-10-16-28(25-27)46-34-22-9-7-18-30(34)37-35(46)23-12-24-42-37/h3-25H,1-2H3. The summed E-state index contributed by atoms with van der Waals surface area (Å²) in [5.41, 5.74) is 12.0. The predicted molar refractivity (Wildman–Crippen MR) is 186 cm³/mol. The second kappa shape index (κ2) is 10.0. The van der Waals surface area contributed by atoms with Gasteiger partial charge < -0.3 is 4.57 Å². The molecule has 0 saturated carbocycles. The van der Waals surface area contributed by atoms with Gasteiger partial charge in [-0.2, -0.15) is 0 Å². The molecule has 0 saturated heterocycles. The molecular formula is C41H29N5. The fourth-order valence-corrected chi connectivity index (χ4v) is 7.13. The summed E-state index contributed by atoms with van der Waals surface area (Å²) in [6.07, 6.45) is 1.85. The van der Waals surface area contributed by atoms with Gasteiger partial charge >= 0.3 is 0 Å². The number of aromatic nitrogens is 5. The van der Waals surface area contributed by atoms with Crippen LogP contribution in [0.2, 0.25) is 0 Å². The largest absolute Gasteiger partial charge is 0.308 e. The summed E-state index contributed by atoms with van der Waals surface area (Å²) in [5.74, 6) is 1.95. The smallest absolute Gasteiger partial charge is 0.164 e. The SMILES string of the molecule is CC1(C)c2ccccc2-c2c(-c3nc(-c4ccccc4)nc(-c4cccc(-n5c6ccccc6c6ncccc65)c4)n3)cccc21. The lowest BCUT2D eigenvalue weighted by atomic mass is 9.82. The molecule has 0 radical (unpaired) electrons. The molecule has 0 bridgehead atoms. The van der Waals surface area contributed by atoms with E-state index >= 15 is 0 Å². The van der Waals surface area contributed by atoms with Crippen LogP contribution in [0.4, 0.5) is 0 Å². The fourth-order valence-electron chi connectivity index (χ4n) is 7.13. The summed E-state index contributed by atoms with van der Waals surface area (Å²) in [6.45, 7) is 4.59. The first-order valence-electron chi connectivity index (χ1n) is 15.6. The van der Waals surface area contributed by atoms with Gasteiger partial charge in [0.05, 0.1) is 16.6 Å². The Hall–Kier alpha value is -5.94. The van der Waals surface area contributed by atoms with Gasteiger partial charge in [0.15, 0.2) is 17.5 Å². The van der Waals surface area contributed by atoms with Crippen molar-refractivity contribution < 1.29 is 0 Å². The summed E-state index contributed by atoms with van der Waals surface area (Å²) in [4.78, 5) is 20.1. The normalized spacial score (nSPS) is 13.2. The molecule has 8 aromatic rings. The van der Waals surface area contributed by atoms with E-state index in [-0.39, 0.29) is 5.41 Å². The second-order valence-electron chi connectivity index (χ2n) is 12.3. The third-order valence-corrected chi connectivity index (χ3v) is 9.31. The summed E-state index contributed by atoms with van der Waals surface area (Å²) >= 11 is 0. The van der Waals surface area contributed by atoms with E-state index in [2.05, 4.69) is 128 Å². The van der Waals surface area contributed by atoms with Gasteiger partial charge in [-0.05, 0) is 52.6 Å². The Bertz CT molecular complexity index is 2400. The Morgan fingerprint density at radius 2 is 1.17 bits per heavy atom. The summed E-state index contributed by atoms with van der Waals surface area (Å²) in [6, 6.07) is 46.4. The number of fused-ring (bicyclic) bond motifs is 6. The third-order valence-electron chi connectivity index (χ3n) is 9.31. The number of para-hydroxylation sites is 1. The van der Waals surface area contributed by atoms with E-state index < -0.39 is 0 Å². The highest BCUT2D eigenvalue weighted by molar-refractivity contribution is 6.07. The highest BCUT2D eigenvalue weighted by atomic mass is 15.0. The first-order chi connectivity index (χ1) is 22.6. The lowest BCUT2D eigenvalue weighted by Gasteiger charge is -2.21. The molecule has 0 aliphatic heterocycles. The van der Waals surface area contributed by atoms with Gasteiger partial charge in [-0.15, -0.1) is 0 Å². The minimum Gasteiger partial charge on any atom is -0.308 e. The van der Waals surface area contributed by atoms with Crippen molar-refractivity contribution in [2.75, 3.05) is 0 Å². The van der Waals surface area contributed by atoms with Crippen molar-refractivity contribution in [3.05, 3.63) is 151 Å². The van der Waals surface area contributed by atoms with Crippen LogP contribution >= 0.6 is 0 Å². The highest BCUT2D eigenvalue weighted by Gasteiger charge is 2.37. The molecular weight excluding hydrogens is 562 g/mol. The van der Waals surface area contributed by atoms with Crippen LogP contribution in [0.25, 0.3) is 72.9 Å². The molecule has 3 aromatic heterocycles. The molecule has 1 aliphatic carbocycles. The van der Waals surface area contributed by atoms with E-state index in [9.17, 15) is 0 Å². The molecule has 0 spiro atoms. The van der Waals surface area contributed by atoms with E-state index in [0.29, 0.717) is 17.5 Å². The van der Waals surface area contributed by atoms with Crippen LogP contribution in [0, 0.1) is 0 Å². The highest BCUT2D eigenvalue weighted by Crippen LogP contribution is 2.51. The van der Waals surface area contributed by atoms with Gasteiger partial charge in [-0.25, -0.2) is 15.0 Å². The van der Waals surface area contributed by atoms with E-state index in [1.54, 1.807) is 0 Å². The van der Waals surface area contributed by atoms with Crippen LogP contribution in [-0.4, -0.2) is 24.5 Å². The van der Waals surface area contributed by atoms with Crippen LogP contribution in [-0.2, 0) is 5.41 Å². The number of pyridine rings is 1. The Balaban J connectivity index is 1.27. The molecule has 3 heterocycles. The van der Waals surface area contributed by atoms with Crippen molar-refractivity contribution >= 4 is 21.9 Å². The molecule has 0 amide bonds. The minimum absolute atomic E-state index is 0.119. The van der Waals surface area contributed by atoms with Crippen LogP contribution in [0.5, 0.6) is 0 Å². The number of hydrogen-bond acceptors (Lipinski definition) is 4. The van der Waals surface area contributed by atoms with Crippen LogP contribution in [0.3, 0.4) is 0 Å². The maximum atomic E-state index is 5.20. The van der Waals surface area contributed by atoms with Gasteiger partial charge in [0.1, 0.15) is 0 Å². The van der Waals surface area contributed by atoms with Crippen LogP contribution in [0.1, 0.15) is 25.0 Å². The van der Waals surface area contributed by atoms with Gasteiger partial charge in [0.2, 0.25) is 0 Å². The monoisotopic (exact) mass is 591 g/mol. The molecule has 0 unspecified atom stereocenters. The van der Waals surface area contributed by atoms with Crippen LogP contribution < -0.4 is 0 Å². The quantitative estimate of drug-likeness (QED) is 0.204. The zero-order valence-electron chi connectivity index (χ0n) is 25.5. The lowest BCUT2D eigenvalue weighted by molar-refractivity contribution is 0.660. The Labute approximate surface area is 266 Å². The second-order valence-corrected chi connectivity index (χ2v) is 12.3. The van der Waals surface area contributed by atoms with Crippen molar-refractivity contribution in [1.82, 2.24) is 24.5 Å². The van der Waals surface area contributed by atoms with Crippen molar-refractivity contribution in [2.45, 2.75) is 19.3 Å². The van der Waals surface area contributed by atoms with Crippen molar-refractivity contribution in [3.8, 4) is 51.0 Å². The van der Waals surface area contributed by atoms with Crippen molar-refractivity contribution in [1.29, 1.82) is 0 Å². The molecule has 5 heteroatoms. The lowest BCUT2D eigenvalue weighted by Crippen LogP contribution is -2.14. The zero-order chi connectivity index (χ0) is 30.8. The molecule has 5 aromatic carbocycles. The van der Waals surface area contributed by atoms with E-state index in [1.165, 1.54) is 22.3 Å².